The van der Waals surface area contributed by atoms with Crippen molar-refractivity contribution >= 4 is 11.8 Å². The second kappa shape index (κ2) is 9.42. The third-order valence-electron chi connectivity index (χ3n) is 5.33. The lowest BCUT2D eigenvalue weighted by atomic mass is 10.0. The van der Waals surface area contributed by atoms with Gasteiger partial charge in [-0.25, -0.2) is 0 Å². The minimum atomic E-state index is -5.04. The normalized spacial score (nSPS) is 17.1. The van der Waals surface area contributed by atoms with E-state index in [1.165, 1.54) is 6.07 Å². The lowest BCUT2D eigenvalue weighted by Crippen LogP contribution is -2.32. The minimum Gasteiger partial charge on any atom is -0.352 e. The molecule has 4 nitrogen and oxygen atoms in total. The molecule has 0 aromatic heterocycles. The summed E-state index contributed by atoms with van der Waals surface area (Å²) in [5, 5.41) is 2.40. The minimum absolute atomic E-state index is 0.0284. The Kier molecular flexibility index (Phi) is 7.09. The molecule has 1 heterocycles. The van der Waals surface area contributed by atoms with Gasteiger partial charge in [-0.05, 0) is 41.5 Å². The van der Waals surface area contributed by atoms with Crippen LogP contribution in [0.3, 0.4) is 0 Å². The first-order valence-electron chi connectivity index (χ1n) is 10.0. The van der Waals surface area contributed by atoms with Crippen molar-refractivity contribution < 1.29 is 49.1 Å². The molecule has 0 radical (unpaired) electrons. The van der Waals surface area contributed by atoms with Crippen molar-refractivity contribution in [1.82, 2.24) is 10.2 Å². The molecule has 1 atom stereocenters. The average Bonchev–Trinajstić information content (AvgIpc) is 3.10. The molecule has 1 saturated heterocycles. The van der Waals surface area contributed by atoms with Gasteiger partial charge in [0.05, 0.1) is 22.6 Å². The fourth-order valence-electron chi connectivity index (χ4n) is 3.62. The molecule has 2 amide bonds. The van der Waals surface area contributed by atoms with Crippen LogP contribution in [0.1, 0.15) is 34.2 Å². The molecule has 0 saturated carbocycles. The topological polar surface area (TPSA) is 49.4 Å². The van der Waals surface area contributed by atoms with Crippen LogP contribution in [-0.4, -0.2) is 23.3 Å². The van der Waals surface area contributed by atoms with Crippen LogP contribution in [0.15, 0.2) is 42.5 Å². The van der Waals surface area contributed by atoms with Gasteiger partial charge in [-0.2, -0.15) is 39.5 Å². The number of carbonyl (C=O) groups excluding carboxylic acids is 2. The van der Waals surface area contributed by atoms with E-state index in [4.69, 9.17) is 0 Å². The lowest BCUT2D eigenvalue weighted by molar-refractivity contribution is -0.143. The van der Waals surface area contributed by atoms with E-state index >= 15 is 0 Å². The fourth-order valence-corrected chi connectivity index (χ4v) is 3.62. The van der Waals surface area contributed by atoms with E-state index in [1.54, 1.807) is 0 Å². The summed E-state index contributed by atoms with van der Waals surface area (Å²) in [4.78, 5) is 25.6. The van der Waals surface area contributed by atoms with Crippen LogP contribution < -0.4 is 5.32 Å². The zero-order valence-electron chi connectivity index (χ0n) is 17.6. The van der Waals surface area contributed by atoms with Crippen LogP contribution in [0.25, 0.3) is 0 Å². The highest BCUT2D eigenvalue weighted by Crippen LogP contribution is 2.37. The molecule has 1 aliphatic rings. The number of alkyl halides is 9. The van der Waals surface area contributed by atoms with Crippen molar-refractivity contribution in [3.05, 3.63) is 70.3 Å². The van der Waals surface area contributed by atoms with Gasteiger partial charge in [0.15, 0.2) is 0 Å². The third-order valence-corrected chi connectivity index (χ3v) is 5.33. The monoisotopic (exact) mass is 512 g/mol. The Morgan fingerprint density at radius 3 is 1.91 bits per heavy atom. The second-order valence-electron chi connectivity index (χ2n) is 8.01. The molecule has 2 aromatic rings. The largest absolute Gasteiger partial charge is 0.416 e. The predicted octanol–water partition coefficient (Wildman–Crippen LogP) is 5.41. The zero-order chi connectivity index (χ0) is 26.2. The molecule has 1 fully saturated rings. The van der Waals surface area contributed by atoms with Gasteiger partial charge < -0.3 is 10.2 Å². The highest BCUT2D eigenvalue weighted by Gasteiger charge is 2.38. The predicted molar refractivity (Wildman–Crippen MR) is 103 cm³/mol. The third kappa shape index (κ3) is 6.67. The Labute approximate surface area is 192 Å². The van der Waals surface area contributed by atoms with Gasteiger partial charge in [0.2, 0.25) is 11.8 Å². The first-order chi connectivity index (χ1) is 16.0. The van der Waals surface area contributed by atoms with E-state index in [2.05, 4.69) is 5.32 Å². The first kappa shape index (κ1) is 26.4. The smallest absolute Gasteiger partial charge is 0.352 e. The standard InChI is InChI=1S/C22H17F9N2O2/c23-20(24,25)15-3-1-2-12(4-15)9-32-19(35)14-7-18(34)33(11-14)10-13-5-16(21(26,27)28)8-17(6-13)22(29,30)31/h1-6,8,14H,7,9-11H2,(H,32,35). The molecule has 190 valence electrons. The van der Waals surface area contributed by atoms with Crippen molar-refractivity contribution in [2.24, 2.45) is 5.92 Å². The molecule has 1 N–H and O–H groups in total. The molecule has 0 spiro atoms. The average molecular weight is 512 g/mol. The number of rotatable bonds is 5. The number of amides is 2. The Morgan fingerprint density at radius 2 is 1.37 bits per heavy atom. The number of nitrogens with one attached hydrogen (secondary N) is 1. The number of halogens is 9. The number of hydrogen-bond acceptors (Lipinski definition) is 2. The number of benzene rings is 2. The van der Waals surface area contributed by atoms with Crippen LogP contribution in [0.5, 0.6) is 0 Å². The Balaban J connectivity index is 1.68. The molecular weight excluding hydrogens is 495 g/mol. The van der Waals surface area contributed by atoms with Gasteiger partial charge in [-0.1, -0.05) is 12.1 Å². The molecule has 13 heteroatoms. The van der Waals surface area contributed by atoms with E-state index < -0.39 is 65.1 Å². The van der Waals surface area contributed by atoms with Crippen molar-refractivity contribution in [3.8, 4) is 0 Å². The van der Waals surface area contributed by atoms with Crippen molar-refractivity contribution in [2.45, 2.75) is 38.0 Å². The molecular formula is C22H17F9N2O2. The van der Waals surface area contributed by atoms with Gasteiger partial charge in [0.1, 0.15) is 0 Å². The Morgan fingerprint density at radius 1 is 0.829 bits per heavy atom. The summed E-state index contributed by atoms with van der Waals surface area (Å²) in [6, 6.07) is 5.20. The SMILES string of the molecule is O=C(NCc1cccc(C(F)(F)F)c1)C1CC(=O)N(Cc2cc(C(F)(F)F)cc(C(F)(F)F)c2)C1. The van der Waals surface area contributed by atoms with E-state index in [0.29, 0.717) is 12.1 Å². The summed E-state index contributed by atoms with van der Waals surface area (Å²) in [6.07, 6.45) is -15.0. The summed E-state index contributed by atoms with van der Waals surface area (Å²) in [5.74, 6) is -2.31. The lowest BCUT2D eigenvalue weighted by Gasteiger charge is -2.19. The molecule has 1 unspecified atom stereocenters. The molecule has 0 aliphatic carbocycles. The van der Waals surface area contributed by atoms with Crippen LogP contribution in [-0.2, 0) is 41.2 Å². The fraction of sp³-hybridized carbons (Fsp3) is 0.364. The van der Waals surface area contributed by atoms with Gasteiger partial charge in [-0.3, -0.25) is 9.59 Å². The summed E-state index contributed by atoms with van der Waals surface area (Å²) in [5.41, 5.74) is -4.22. The zero-order valence-corrected chi connectivity index (χ0v) is 17.6. The van der Waals surface area contributed by atoms with Crippen molar-refractivity contribution in [2.75, 3.05) is 6.54 Å². The van der Waals surface area contributed by atoms with E-state index in [9.17, 15) is 49.1 Å². The van der Waals surface area contributed by atoms with Gasteiger partial charge >= 0.3 is 18.5 Å². The molecule has 2 aromatic carbocycles. The van der Waals surface area contributed by atoms with Gasteiger partial charge in [0.25, 0.3) is 0 Å². The molecule has 0 bridgehead atoms. The quantitative estimate of drug-likeness (QED) is 0.545. The van der Waals surface area contributed by atoms with Crippen molar-refractivity contribution in [1.29, 1.82) is 0 Å². The van der Waals surface area contributed by atoms with Gasteiger partial charge in [-0.15, -0.1) is 0 Å². The maximum absolute atomic E-state index is 13.0. The second-order valence-corrected chi connectivity index (χ2v) is 8.01. The van der Waals surface area contributed by atoms with Crippen LogP contribution in [0.4, 0.5) is 39.5 Å². The Hall–Kier alpha value is -3.25. The van der Waals surface area contributed by atoms with Gasteiger partial charge in [0, 0.05) is 26.1 Å². The van der Waals surface area contributed by atoms with E-state index in [-0.39, 0.29) is 31.1 Å². The van der Waals surface area contributed by atoms with Crippen molar-refractivity contribution in [3.63, 3.8) is 0 Å². The van der Waals surface area contributed by atoms with E-state index in [1.807, 2.05) is 0 Å². The molecule has 35 heavy (non-hydrogen) atoms. The first-order valence-corrected chi connectivity index (χ1v) is 10.0. The summed E-state index contributed by atoms with van der Waals surface area (Å²) >= 11 is 0. The Bertz CT molecular complexity index is 1080. The summed E-state index contributed by atoms with van der Waals surface area (Å²) < 4.78 is 117. The van der Waals surface area contributed by atoms with E-state index in [0.717, 1.165) is 23.1 Å². The van der Waals surface area contributed by atoms with Crippen LogP contribution in [0.2, 0.25) is 0 Å². The summed E-state index contributed by atoms with van der Waals surface area (Å²) in [6.45, 7) is -1.12. The number of hydrogen-bond donors (Lipinski definition) is 1. The molecule has 3 rings (SSSR count). The highest BCUT2D eigenvalue weighted by molar-refractivity contribution is 5.89. The highest BCUT2D eigenvalue weighted by atomic mass is 19.4. The number of nitrogens with zero attached hydrogens (tertiary/aromatic N) is 1. The maximum Gasteiger partial charge on any atom is 0.416 e. The van der Waals surface area contributed by atoms with Crippen LogP contribution >= 0.6 is 0 Å². The van der Waals surface area contributed by atoms with Crippen LogP contribution in [0, 0.1) is 5.92 Å². The number of likely N-dealkylation sites (tertiary alicyclic amines) is 1. The summed E-state index contributed by atoms with van der Waals surface area (Å²) in [7, 11) is 0. The molecule has 1 aliphatic heterocycles. The maximum atomic E-state index is 13.0. The number of carbonyl (C=O) groups is 2.